The van der Waals surface area contributed by atoms with Crippen LogP contribution in [0.3, 0.4) is 0 Å². The number of hydrogen-bond acceptors (Lipinski definition) is 3. The van der Waals surface area contributed by atoms with Crippen molar-refractivity contribution in [1.29, 1.82) is 0 Å². The van der Waals surface area contributed by atoms with Crippen molar-refractivity contribution in [2.24, 2.45) is 0 Å². The first-order valence-corrected chi connectivity index (χ1v) is 13.6. The summed E-state index contributed by atoms with van der Waals surface area (Å²) in [6.07, 6.45) is 1.20. The van der Waals surface area contributed by atoms with E-state index in [1.54, 1.807) is 29.2 Å². The Bertz CT molecular complexity index is 1110. The van der Waals surface area contributed by atoms with E-state index in [0.29, 0.717) is 23.7 Å². The van der Waals surface area contributed by atoms with Gasteiger partial charge in [-0.1, -0.05) is 73.1 Å². The number of rotatable bonds is 12. The number of benzene rings is 3. The molecule has 0 saturated heterocycles. The lowest BCUT2D eigenvalue weighted by Crippen LogP contribution is -2.52. The van der Waals surface area contributed by atoms with E-state index in [2.05, 4.69) is 5.32 Å². The SMILES string of the molecule is CC[C@@H](C)NC(=O)[C@@H](Cc1ccccc1)N(Cc1ccc(Cl)cc1)C(=O)CSCc1ccc(F)cc1. The molecule has 0 spiro atoms. The lowest BCUT2D eigenvalue weighted by atomic mass is 10.0. The van der Waals surface area contributed by atoms with Gasteiger partial charge in [0.1, 0.15) is 11.9 Å². The fraction of sp³-hybridized carbons (Fsp3) is 0.310. The van der Waals surface area contributed by atoms with Crippen molar-refractivity contribution < 1.29 is 14.0 Å². The second kappa shape index (κ2) is 14.0. The molecule has 0 saturated carbocycles. The molecule has 2 amide bonds. The molecule has 0 radical (unpaired) electrons. The van der Waals surface area contributed by atoms with Crippen LogP contribution in [0.15, 0.2) is 78.9 Å². The van der Waals surface area contributed by atoms with Gasteiger partial charge in [-0.25, -0.2) is 4.39 Å². The molecule has 4 nitrogen and oxygen atoms in total. The first kappa shape index (κ1) is 27.8. The summed E-state index contributed by atoms with van der Waals surface area (Å²) in [4.78, 5) is 28.7. The average molecular weight is 527 g/mol. The van der Waals surface area contributed by atoms with Crippen molar-refractivity contribution in [3.63, 3.8) is 0 Å². The molecule has 0 heterocycles. The molecule has 0 aliphatic rings. The number of carbonyl (C=O) groups excluding carboxylic acids is 2. The molecule has 3 rings (SSSR count). The van der Waals surface area contributed by atoms with Crippen molar-refractivity contribution in [1.82, 2.24) is 10.2 Å². The highest BCUT2D eigenvalue weighted by molar-refractivity contribution is 7.99. The Kier molecular flexibility index (Phi) is 10.8. The van der Waals surface area contributed by atoms with Crippen LogP contribution in [0.2, 0.25) is 5.02 Å². The quantitative estimate of drug-likeness (QED) is 0.303. The average Bonchev–Trinajstić information content (AvgIpc) is 2.88. The smallest absolute Gasteiger partial charge is 0.243 e. The van der Waals surface area contributed by atoms with Crippen LogP contribution >= 0.6 is 23.4 Å². The molecule has 190 valence electrons. The highest BCUT2D eigenvalue weighted by Gasteiger charge is 2.30. The van der Waals surface area contributed by atoms with Gasteiger partial charge in [0.05, 0.1) is 5.75 Å². The fourth-order valence-corrected chi connectivity index (χ4v) is 4.70. The molecule has 0 bridgehead atoms. The highest BCUT2D eigenvalue weighted by Crippen LogP contribution is 2.20. The minimum absolute atomic E-state index is 0.00360. The second-order valence-corrected chi connectivity index (χ2v) is 10.2. The summed E-state index contributed by atoms with van der Waals surface area (Å²) >= 11 is 7.52. The largest absolute Gasteiger partial charge is 0.352 e. The normalized spacial score (nSPS) is 12.6. The van der Waals surface area contributed by atoms with E-state index in [1.807, 2.05) is 56.3 Å². The molecule has 2 atom stereocenters. The van der Waals surface area contributed by atoms with Crippen molar-refractivity contribution in [3.8, 4) is 0 Å². The lowest BCUT2D eigenvalue weighted by Gasteiger charge is -2.32. The van der Waals surface area contributed by atoms with Gasteiger partial charge in [0.25, 0.3) is 0 Å². The Morgan fingerprint density at radius 3 is 2.22 bits per heavy atom. The van der Waals surface area contributed by atoms with E-state index in [4.69, 9.17) is 11.6 Å². The number of nitrogens with one attached hydrogen (secondary N) is 1. The third-order valence-corrected chi connectivity index (χ3v) is 7.19. The molecule has 36 heavy (non-hydrogen) atoms. The van der Waals surface area contributed by atoms with E-state index >= 15 is 0 Å². The van der Waals surface area contributed by atoms with Crippen molar-refractivity contribution in [2.45, 2.75) is 51.1 Å². The Labute approximate surface area is 222 Å². The molecule has 7 heteroatoms. The van der Waals surface area contributed by atoms with Crippen LogP contribution in [0.25, 0.3) is 0 Å². The number of amides is 2. The summed E-state index contributed by atoms with van der Waals surface area (Å²) in [6.45, 7) is 4.26. The second-order valence-electron chi connectivity index (χ2n) is 8.79. The molecule has 0 unspecified atom stereocenters. The van der Waals surface area contributed by atoms with Crippen molar-refractivity contribution >= 4 is 35.2 Å². The van der Waals surface area contributed by atoms with E-state index < -0.39 is 6.04 Å². The molecule has 3 aromatic rings. The summed E-state index contributed by atoms with van der Waals surface area (Å²) in [5.74, 6) is 0.192. The summed E-state index contributed by atoms with van der Waals surface area (Å²) in [7, 11) is 0. The Morgan fingerprint density at radius 2 is 1.58 bits per heavy atom. The third kappa shape index (κ3) is 8.68. The predicted molar refractivity (Wildman–Crippen MR) is 146 cm³/mol. The molecule has 0 fully saturated rings. The number of thioether (sulfide) groups is 1. The monoisotopic (exact) mass is 526 g/mol. The first-order chi connectivity index (χ1) is 17.4. The zero-order valence-corrected chi connectivity index (χ0v) is 22.2. The molecule has 0 aromatic heterocycles. The molecule has 0 aliphatic carbocycles. The zero-order chi connectivity index (χ0) is 25.9. The van der Waals surface area contributed by atoms with Gasteiger partial charge in [-0.2, -0.15) is 0 Å². The van der Waals surface area contributed by atoms with Crippen LogP contribution in [0, 0.1) is 5.82 Å². The van der Waals surface area contributed by atoms with Crippen LogP contribution in [0.5, 0.6) is 0 Å². The summed E-state index contributed by atoms with van der Waals surface area (Å²) in [5.41, 5.74) is 2.81. The molecule has 3 aromatic carbocycles. The summed E-state index contributed by atoms with van der Waals surface area (Å²) in [5, 5.41) is 3.68. The zero-order valence-electron chi connectivity index (χ0n) is 20.6. The molecular weight excluding hydrogens is 495 g/mol. The van der Waals surface area contributed by atoms with Crippen LogP contribution in [-0.4, -0.2) is 34.6 Å². The van der Waals surface area contributed by atoms with Crippen LogP contribution in [0.4, 0.5) is 4.39 Å². The van der Waals surface area contributed by atoms with Gasteiger partial charge in [-0.3, -0.25) is 9.59 Å². The van der Waals surface area contributed by atoms with Gasteiger partial charge in [0, 0.05) is 29.8 Å². The van der Waals surface area contributed by atoms with Gasteiger partial charge in [0.2, 0.25) is 11.8 Å². The Balaban J connectivity index is 1.84. The Hall–Kier alpha value is -2.83. The maximum absolute atomic E-state index is 13.6. The predicted octanol–water partition coefficient (Wildman–Crippen LogP) is 6.27. The van der Waals surface area contributed by atoms with Gasteiger partial charge in [-0.05, 0) is 54.3 Å². The van der Waals surface area contributed by atoms with E-state index in [-0.39, 0.29) is 29.4 Å². The van der Waals surface area contributed by atoms with Crippen LogP contribution < -0.4 is 5.32 Å². The fourth-order valence-electron chi connectivity index (χ4n) is 3.70. The standard InChI is InChI=1S/C29H32ClFN2O2S/c1-3-21(2)32-29(35)27(17-22-7-5-4-6-8-22)33(18-23-9-13-25(30)14-10-23)28(34)20-36-19-24-11-15-26(31)16-12-24/h4-16,21,27H,3,17-20H2,1-2H3,(H,32,35)/t21-,27-/m1/s1. The van der Waals surface area contributed by atoms with Gasteiger partial charge in [0.15, 0.2) is 0 Å². The maximum atomic E-state index is 13.6. The van der Waals surface area contributed by atoms with Crippen LogP contribution in [-0.2, 0) is 28.3 Å². The number of halogens is 2. The maximum Gasteiger partial charge on any atom is 0.243 e. The lowest BCUT2D eigenvalue weighted by molar-refractivity contribution is -0.139. The van der Waals surface area contributed by atoms with Gasteiger partial charge >= 0.3 is 0 Å². The van der Waals surface area contributed by atoms with Gasteiger partial charge in [-0.15, -0.1) is 11.8 Å². The minimum Gasteiger partial charge on any atom is -0.352 e. The number of nitrogens with zero attached hydrogens (tertiary/aromatic N) is 1. The third-order valence-electron chi connectivity index (χ3n) is 5.95. The minimum atomic E-state index is -0.670. The highest BCUT2D eigenvalue weighted by atomic mass is 35.5. The van der Waals surface area contributed by atoms with E-state index in [0.717, 1.165) is 23.1 Å². The van der Waals surface area contributed by atoms with Crippen molar-refractivity contribution in [2.75, 3.05) is 5.75 Å². The first-order valence-electron chi connectivity index (χ1n) is 12.1. The topological polar surface area (TPSA) is 49.4 Å². The summed E-state index contributed by atoms with van der Waals surface area (Å²) in [6, 6.07) is 22.7. The number of hydrogen-bond donors (Lipinski definition) is 1. The van der Waals surface area contributed by atoms with Crippen molar-refractivity contribution in [3.05, 3.63) is 106 Å². The van der Waals surface area contributed by atoms with E-state index in [1.165, 1.54) is 23.9 Å². The molecule has 1 N–H and O–H groups in total. The Morgan fingerprint density at radius 1 is 0.944 bits per heavy atom. The van der Waals surface area contributed by atoms with Gasteiger partial charge < -0.3 is 10.2 Å². The molecule has 0 aliphatic heterocycles. The number of carbonyl (C=O) groups is 2. The van der Waals surface area contributed by atoms with Crippen LogP contribution in [0.1, 0.15) is 37.0 Å². The molecular formula is C29H32ClFN2O2S. The van der Waals surface area contributed by atoms with E-state index in [9.17, 15) is 14.0 Å². The summed E-state index contributed by atoms with van der Waals surface area (Å²) < 4.78 is 13.2.